The van der Waals surface area contributed by atoms with Crippen molar-refractivity contribution in [2.45, 2.75) is 13.2 Å². The Labute approximate surface area is 227 Å². The van der Waals surface area contributed by atoms with Crippen LogP contribution in [0.4, 0.5) is 4.79 Å². The first-order valence-corrected chi connectivity index (χ1v) is 13.2. The van der Waals surface area contributed by atoms with Gasteiger partial charge < -0.3 is 9.47 Å². The molecular formula is C29H22INO4S. The fourth-order valence-corrected chi connectivity index (χ4v) is 5.27. The van der Waals surface area contributed by atoms with Gasteiger partial charge in [-0.25, -0.2) is 0 Å². The molecule has 1 aliphatic rings. The van der Waals surface area contributed by atoms with Crippen LogP contribution in [0, 0.1) is 3.57 Å². The number of carbonyl (C=O) groups is 2. The van der Waals surface area contributed by atoms with Gasteiger partial charge in [0.25, 0.3) is 11.1 Å². The number of imide groups is 1. The van der Waals surface area contributed by atoms with Crippen LogP contribution in [0.15, 0.2) is 89.8 Å². The molecule has 1 heterocycles. The molecule has 4 aromatic rings. The number of fused-ring (bicyclic) bond motifs is 1. The average Bonchev–Trinajstić information content (AvgIpc) is 3.16. The molecule has 1 aliphatic heterocycles. The van der Waals surface area contributed by atoms with E-state index in [2.05, 4.69) is 40.8 Å². The van der Waals surface area contributed by atoms with Crippen LogP contribution in [0.2, 0.25) is 0 Å². The second-order valence-corrected chi connectivity index (χ2v) is 10.4. The summed E-state index contributed by atoms with van der Waals surface area (Å²) in [5.74, 6) is 0.769. The number of nitrogens with zero attached hydrogens (tertiary/aromatic N) is 1. The van der Waals surface area contributed by atoms with Gasteiger partial charge in [-0.05, 0) is 80.5 Å². The molecule has 180 valence electrons. The summed E-state index contributed by atoms with van der Waals surface area (Å²) < 4.78 is 12.9. The zero-order chi connectivity index (χ0) is 25.1. The normalized spacial score (nSPS) is 14.6. The smallest absolute Gasteiger partial charge is 0.293 e. The standard InChI is InChI=1S/C29H22INO4S/c1-34-25-11-5-8-21(27(25)35-18-22-9-4-7-20-6-2-3-10-24(20)22)16-26-28(32)31(29(33)36-26)17-19-12-14-23(30)15-13-19/h2-16H,17-18H2,1H3/b26-16-. The van der Waals surface area contributed by atoms with E-state index < -0.39 is 0 Å². The zero-order valence-corrected chi connectivity index (χ0v) is 22.4. The summed E-state index contributed by atoms with van der Waals surface area (Å²) in [5.41, 5.74) is 2.62. The lowest BCUT2D eigenvalue weighted by molar-refractivity contribution is -0.123. The van der Waals surface area contributed by atoms with Crippen LogP contribution in [0.1, 0.15) is 16.7 Å². The number of carbonyl (C=O) groups excluding carboxylic acids is 2. The van der Waals surface area contributed by atoms with Crippen molar-refractivity contribution in [3.05, 3.63) is 110 Å². The van der Waals surface area contributed by atoms with E-state index in [1.807, 2.05) is 66.7 Å². The van der Waals surface area contributed by atoms with E-state index in [0.29, 0.717) is 28.6 Å². The molecule has 1 fully saturated rings. The van der Waals surface area contributed by atoms with Crippen LogP contribution in [-0.2, 0) is 17.9 Å². The number of rotatable bonds is 7. The molecule has 0 N–H and O–H groups in total. The quantitative estimate of drug-likeness (QED) is 0.164. The minimum Gasteiger partial charge on any atom is -0.493 e. The summed E-state index contributed by atoms with van der Waals surface area (Å²) in [7, 11) is 1.58. The summed E-state index contributed by atoms with van der Waals surface area (Å²) in [4.78, 5) is 27.4. The second-order valence-electron chi connectivity index (χ2n) is 8.20. The Hall–Kier alpha value is -3.30. The fraction of sp³-hybridized carbons (Fsp3) is 0.103. The van der Waals surface area contributed by atoms with Gasteiger partial charge in [0.15, 0.2) is 11.5 Å². The van der Waals surface area contributed by atoms with Gasteiger partial charge in [-0.3, -0.25) is 14.5 Å². The molecule has 0 saturated carbocycles. The number of hydrogen-bond donors (Lipinski definition) is 0. The minimum absolute atomic E-state index is 0.238. The van der Waals surface area contributed by atoms with Crippen LogP contribution in [0.3, 0.4) is 0 Å². The maximum Gasteiger partial charge on any atom is 0.293 e. The van der Waals surface area contributed by atoms with E-state index in [4.69, 9.17) is 9.47 Å². The third-order valence-electron chi connectivity index (χ3n) is 5.90. The minimum atomic E-state index is -0.314. The summed E-state index contributed by atoms with van der Waals surface area (Å²) in [6, 6.07) is 27.6. The number of benzene rings is 4. The molecule has 7 heteroatoms. The molecule has 0 aliphatic carbocycles. The van der Waals surface area contributed by atoms with Gasteiger partial charge in [-0.1, -0.05) is 66.7 Å². The van der Waals surface area contributed by atoms with Gasteiger partial charge in [0.2, 0.25) is 0 Å². The van der Waals surface area contributed by atoms with E-state index in [-0.39, 0.29) is 17.7 Å². The van der Waals surface area contributed by atoms with Crippen molar-refractivity contribution in [3.8, 4) is 11.5 Å². The lowest BCUT2D eigenvalue weighted by Crippen LogP contribution is -2.27. The van der Waals surface area contributed by atoms with E-state index >= 15 is 0 Å². The SMILES string of the molecule is COc1cccc(/C=C2\SC(=O)N(Cc3ccc(I)cc3)C2=O)c1OCc1cccc2ccccc12. The second kappa shape index (κ2) is 10.8. The lowest BCUT2D eigenvalue weighted by Gasteiger charge is -2.15. The highest BCUT2D eigenvalue weighted by molar-refractivity contribution is 14.1. The summed E-state index contributed by atoms with van der Waals surface area (Å²) in [5, 5.41) is 1.97. The molecule has 36 heavy (non-hydrogen) atoms. The molecule has 1 saturated heterocycles. The van der Waals surface area contributed by atoms with Gasteiger partial charge in [0, 0.05) is 9.13 Å². The maximum atomic E-state index is 13.1. The van der Waals surface area contributed by atoms with Gasteiger partial charge in [0.1, 0.15) is 6.61 Å². The summed E-state index contributed by atoms with van der Waals surface area (Å²) >= 11 is 3.16. The Morgan fingerprint density at radius 1 is 0.917 bits per heavy atom. The predicted octanol–water partition coefficient (Wildman–Crippen LogP) is 7.27. The number of halogens is 1. The van der Waals surface area contributed by atoms with E-state index in [1.165, 1.54) is 4.90 Å². The molecule has 5 rings (SSSR count). The molecule has 0 bridgehead atoms. The highest BCUT2D eigenvalue weighted by atomic mass is 127. The molecule has 0 atom stereocenters. The number of methoxy groups -OCH3 is 1. The highest BCUT2D eigenvalue weighted by Gasteiger charge is 2.35. The fourth-order valence-electron chi connectivity index (χ4n) is 4.08. The highest BCUT2D eigenvalue weighted by Crippen LogP contribution is 2.38. The van der Waals surface area contributed by atoms with Crippen molar-refractivity contribution in [1.29, 1.82) is 0 Å². The summed E-state index contributed by atoms with van der Waals surface area (Å²) in [6.45, 7) is 0.568. The van der Waals surface area contributed by atoms with Crippen molar-refractivity contribution < 1.29 is 19.1 Å². The van der Waals surface area contributed by atoms with Crippen molar-refractivity contribution in [3.63, 3.8) is 0 Å². The molecule has 5 nitrogen and oxygen atoms in total. The molecule has 2 amide bonds. The first kappa shape index (κ1) is 24.4. The van der Waals surface area contributed by atoms with Crippen LogP contribution in [0.5, 0.6) is 11.5 Å². The predicted molar refractivity (Wildman–Crippen MR) is 152 cm³/mol. The largest absolute Gasteiger partial charge is 0.493 e. The van der Waals surface area contributed by atoms with E-state index in [1.54, 1.807) is 13.2 Å². The van der Waals surface area contributed by atoms with Crippen molar-refractivity contribution in [2.24, 2.45) is 0 Å². The third-order valence-corrected chi connectivity index (χ3v) is 7.52. The van der Waals surface area contributed by atoms with Gasteiger partial charge in [-0.2, -0.15) is 0 Å². The van der Waals surface area contributed by atoms with Crippen molar-refractivity contribution >= 4 is 62.3 Å². The Bertz CT molecular complexity index is 1480. The van der Waals surface area contributed by atoms with Gasteiger partial charge in [-0.15, -0.1) is 0 Å². The average molecular weight is 607 g/mol. The Balaban J connectivity index is 1.41. The Morgan fingerprint density at radius 3 is 2.47 bits per heavy atom. The van der Waals surface area contributed by atoms with E-state index in [0.717, 1.165) is 37.2 Å². The number of para-hydroxylation sites is 1. The van der Waals surface area contributed by atoms with Gasteiger partial charge >= 0.3 is 0 Å². The number of ether oxygens (including phenoxy) is 2. The van der Waals surface area contributed by atoms with Crippen LogP contribution in [-0.4, -0.2) is 23.2 Å². The first-order chi connectivity index (χ1) is 17.5. The molecule has 0 spiro atoms. The topological polar surface area (TPSA) is 55.8 Å². The van der Waals surface area contributed by atoms with E-state index in [9.17, 15) is 9.59 Å². The summed E-state index contributed by atoms with van der Waals surface area (Å²) in [6.07, 6.45) is 1.71. The molecule has 4 aromatic carbocycles. The Kier molecular flexibility index (Phi) is 7.29. The van der Waals surface area contributed by atoms with Crippen molar-refractivity contribution in [1.82, 2.24) is 4.90 Å². The van der Waals surface area contributed by atoms with Crippen LogP contribution >= 0.6 is 34.4 Å². The van der Waals surface area contributed by atoms with Crippen molar-refractivity contribution in [2.75, 3.05) is 7.11 Å². The lowest BCUT2D eigenvalue weighted by atomic mass is 10.1. The maximum absolute atomic E-state index is 13.1. The number of thioether (sulfide) groups is 1. The molecular weight excluding hydrogens is 585 g/mol. The third kappa shape index (κ3) is 5.12. The van der Waals surface area contributed by atoms with Gasteiger partial charge in [0.05, 0.1) is 18.6 Å². The first-order valence-electron chi connectivity index (χ1n) is 11.3. The zero-order valence-electron chi connectivity index (χ0n) is 19.4. The molecule has 0 aromatic heterocycles. The molecule has 0 radical (unpaired) electrons. The van der Waals surface area contributed by atoms with Crippen LogP contribution < -0.4 is 9.47 Å². The Morgan fingerprint density at radius 2 is 1.67 bits per heavy atom. The number of amides is 2. The van der Waals surface area contributed by atoms with Crippen LogP contribution in [0.25, 0.3) is 16.8 Å². The number of hydrogen-bond acceptors (Lipinski definition) is 5. The molecule has 0 unspecified atom stereocenters. The monoisotopic (exact) mass is 607 g/mol.